The fourth-order valence-electron chi connectivity index (χ4n) is 3.12. The lowest BCUT2D eigenvalue weighted by Gasteiger charge is -2.19. The van der Waals surface area contributed by atoms with Crippen LogP contribution in [0.1, 0.15) is 39.9 Å². The summed E-state index contributed by atoms with van der Waals surface area (Å²) in [5.41, 5.74) is 2.19. The third-order valence-electron chi connectivity index (χ3n) is 4.97. The summed E-state index contributed by atoms with van der Waals surface area (Å²) >= 11 is 0. The van der Waals surface area contributed by atoms with E-state index in [9.17, 15) is 9.59 Å². The fourth-order valence-corrected chi connectivity index (χ4v) is 3.12. The van der Waals surface area contributed by atoms with Gasteiger partial charge in [-0.3, -0.25) is 9.59 Å². The van der Waals surface area contributed by atoms with E-state index in [1.165, 1.54) is 0 Å². The molecule has 0 aromatic heterocycles. The standard InChI is InChI=1S/C27H23N3O4/c28-16-20-9-11-23(12-10-20)27(32)30-24(19-33-25-8-4-7-22(15-25)17-29)13-14-26(31)34-18-21-5-2-1-3-6-21/h1-12,15,24H,13-14,18-19H2,(H,30,32)/t24-/m1/s1. The van der Waals surface area contributed by atoms with Crippen molar-refractivity contribution in [3.8, 4) is 17.9 Å². The Labute approximate surface area is 198 Å². The molecule has 0 saturated carbocycles. The van der Waals surface area contributed by atoms with Crippen LogP contribution in [0.2, 0.25) is 0 Å². The number of esters is 1. The van der Waals surface area contributed by atoms with Crippen LogP contribution >= 0.6 is 0 Å². The van der Waals surface area contributed by atoms with Gasteiger partial charge in [-0.2, -0.15) is 10.5 Å². The molecule has 0 saturated heterocycles. The molecule has 34 heavy (non-hydrogen) atoms. The van der Waals surface area contributed by atoms with Gasteiger partial charge in [0.25, 0.3) is 5.91 Å². The molecular formula is C27H23N3O4. The van der Waals surface area contributed by atoms with Crippen LogP contribution in [0.15, 0.2) is 78.9 Å². The topological polar surface area (TPSA) is 112 Å². The Hall–Kier alpha value is -4.62. The molecule has 170 valence electrons. The molecule has 3 aromatic carbocycles. The first-order valence-corrected chi connectivity index (χ1v) is 10.7. The highest BCUT2D eigenvalue weighted by molar-refractivity contribution is 5.94. The van der Waals surface area contributed by atoms with E-state index in [1.54, 1.807) is 48.5 Å². The van der Waals surface area contributed by atoms with E-state index in [0.717, 1.165) is 5.56 Å². The molecule has 0 heterocycles. The minimum absolute atomic E-state index is 0.0900. The maximum atomic E-state index is 12.7. The van der Waals surface area contributed by atoms with Gasteiger partial charge in [0.1, 0.15) is 19.0 Å². The van der Waals surface area contributed by atoms with Crippen LogP contribution in [-0.2, 0) is 16.1 Å². The van der Waals surface area contributed by atoms with Gasteiger partial charge in [-0.1, -0.05) is 36.4 Å². The minimum Gasteiger partial charge on any atom is -0.491 e. The van der Waals surface area contributed by atoms with Crippen molar-refractivity contribution in [2.24, 2.45) is 0 Å². The number of carbonyl (C=O) groups excluding carboxylic acids is 2. The number of rotatable bonds is 10. The molecule has 1 atom stereocenters. The van der Waals surface area contributed by atoms with E-state index in [2.05, 4.69) is 11.4 Å². The largest absolute Gasteiger partial charge is 0.491 e. The summed E-state index contributed by atoms with van der Waals surface area (Å²) in [5.74, 6) is -0.238. The summed E-state index contributed by atoms with van der Waals surface area (Å²) in [6.07, 6.45) is 0.389. The van der Waals surface area contributed by atoms with Crippen molar-refractivity contribution in [3.05, 3.63) is 101 Å². The van der Waals surface area contributed by atoms with Crippen molar-refractivity contribution in [1.82, 2.24) is 5.32 Å². The molecule has 0 unspecified atom stereocenters. The SMILES string of the molecule is N#Cc1ccc(C(=O)N[C@H](CCC(=O)OCc2ccccc2)COc2cccc(C#N)c2)cc1. The maximum Gasteiger partial charge on any atom is 0.306 e. The summed E-state index contributed by atoms with van der Waals surface area (Å²) in [6, 6.07) is 25.9. The third-order valence-corrected chi connectivity index (χ3v) is 4.97. The second kappa shape index (κ2) is 12.4. The highest BCUT2D eigenvalue weighted by Crippen LogP contribution is 2.14. The quantitative estimate of drug-likeness (QED) is 0.462. The maximum absolute atomic E-state index is 12.7. The normalized spacial score (nSPS) is 10.9. The Kier molecular flexibility index (Phi) is 8.78. The molecule has 0 aliphatic carbocycles. The summed E-state index contributed by atoms with van der Waals surface area (Å²) in [5, 5.41) is 20.9. The molecular weight excluding hydrogens is 430 g/mol. The molecule has 3 rings (SSSR count). The number of hydrogen-bond donors (Lipinski definition) is 1. The number of carbonyl (C=O) groups is 2. The van der Waals surface area contributed by atoms with Crippen molar-refractivity contribution >= 4 is 11.9 Å². The molecule has 7 heteroatoms. The van der Waals surface area contributed by atoms with Gasteiger partial charge in [0.05, 0.1) is 29.3 Å². The zero-order chi connectivity index (χ0) is 24.2. The highest BCUT2D eigenvalue weighted by Gasteiger charge is 2.17. The number of nitrogens with zero attached hydrogens (tertiary/aromatic N) is 2. The Balaban J connectivity index is 1.61. The molecule has 0 aliphatic heterocycles. The first-order valence-electron chi connectivity index (χ1n) is 10.7. The van der Waals surface area contributed by atoms with Gasteiger partial charge in [-0.05, 0) is 54.4 Å². The molecule has 0 bridgehead atoms. The predicted molar refractivity (Wildman–Crippen MR) is 125 cm³/mol. The Morgan fingerprint density at radius 1 is 0.882 bits per heavy atom. The van der Waals surface area contributed by atoms with Crippen molar-refractivity contribution in [2.45, 2.75) is 25.5 Å². The summed E-state index contributed by atoms with van der Waals surface area (Å²) < 4.78 is 11.1. The molecule has 0 spiro atoms. The first kappa shape index (κ1) is 24.0. The third kappa shape index (κ3) is 7.51. The molecule has 0 aliphatic rings. The van der Waals surface area contributed by atoms with Gasteiger partial charge < -0.3 is 14.8 Å². The highest BCUT2D eigenvalue weighted by atomic mass is 16.5. The smallest absolute Gasteiger partial charge is 0.306 e. The molecule has 1 N–H and O–H groups in total. The monoisotopic (exact) mass is 453 g/mol. The lowest BCUT2D eigenvalue weighted by molar-refractivity contribution is -0.145. The van der Waals surface area contributed by atoms with Gasteiger partial charge >= 0.3 is 5.97 Å². The minimum atomic E-state index is -0.488. The number of amides is 1. The second-order valence-corrected chi connectivity index (χ2v) is 7.50. The van der Waals surface area contributed by atoms with Gasteiger partial charge in [-0.15, -0.1) is 0 Å². The zero-order valence-electron chi connectivity index (χ0n) is 18.4. The van der Waals surface area contributed by atoms with Crippen molar-refractivity contribution in [2.75, 3.05) is 6.61 Å². The van der Waals surface area contributed by atoms with Gasteiger partial charge in [-0.25, -0.2) is 0 Å². The van der Waals surface area contributed by atoms with Crippen LogP contribution in [-0.4, -0.2) is 24.5 Å². The molecule has 1 amide bonds. The Bertz CT molecular complexity index is 1200. The lowest BCUT2D eigenvalue weighted by Crippen LogP contribution is -2.39. The zero-order valence-corrected chi connectivity index (χ0v) is 18.4. The van der Waals surface area contributed by atoms with E-state index in [-0.39, 0.29) is 31.5 Å². The summed E-state index contributed by atoms with van der Waals surface area (Å²) in [6.45, 7) is 0.280. The molecule has 7 nitrogen and oxygen atoms in total. The van der Waals surface area contributed by atoms with Gasteiger partial charge in [0.2, 0.25) is 0 Å². The number of nitrogens with one attached hydrogen (secondary N) is 1. The van der Waals surface area contributed by atoms with E-state index in [1.807, 2.05) is 36.4 Å². The Morgan fingerprint density at radius 3 is 2.32 bits per heavy atom. The van der Waals surface area contributed by atoms with Crippen LogP contribution in [0.5, 0.6) is 5.75 Å². The van der Waals surface area contributed by atoms with Crippen molar-refractivity contribution in [3.63, 3.8) is 0 Å². The molecule has 0 radical (unpaired) electrons. The van der Waals surface area contributed by atoms with Gasteiger partial charge in [0, 0.05) is 12.0 Å². The van der Waals surface area contributed by atoms with E-state index >= 15 is 0 Å². The van der Waals surface area contributed by atoms with Crippen molar-refractivity contribution < 1.29 is 19.1 Å². The van der Waals surface area contributed by atoms with E-state index < -0.39 is 6.04 Å². The average molecular weight is 453 g/mol. The predicted octanol–water partition coefficient (Wildman–Crippen LogP) is 4.13. The van der Waals surface area contributed by atoms with Crippen LogP contribution in [0.4, 0.5) is 0 Å². The summed E-state index contributed by atoms with van der Waals surface area (Å²) in [7, 11) is 0. The molecule has 0 fully saturated rings. The van der Waals surface area contributed by atoms with Crippen LogP contribution in [0, 0.1) is 22.7 Å². The van der Waals surface area contributed by atoms with Crippen molar-refractivity contribution in [1.29, 1.82) is 10.5 Å². The first-order chi connectivity index (χ1) is 16.6. The molecule has 3 aromatic rings. The van der Waals surface area contributed by atoms with Gasteiger partial charge in [0.15, 0.2) is 0 Å². The second-order valence-electron chi connectivity index (χ2n) is 7.50. The fraction of sp³-hybridized carbons (Fsp3) is 0.185. The average Bonchev–Trinajstić information content (AvgIpc) is 2.89. The lowest BCUT2D eigenvalue weighted by atomic mass is 10.1. The van der Waals surface area contributed by atoms with Crippen LogP contribution in [0.3, 0.4) is 0 Å². The Morgan fingerprint density at radius 2 is 1.62 bits per heavy atom. The van der Waals surface area contributed by atoms with Crippen LogP contribution < -0.4 is 10.1 Å². The number of hydrogen-bond acceptors (Lipinski definition) is 6. The van der Waals surface area contributed by atoms with Crippen LogP contribution in [0.25, 0.3) is 0 Å². The van der Waals surface area contributed by atoms with E-state index in [0.29, 0.717) is 28.9 Å². The number of nitriles is 2. The number of benzene rings is 3. The van der Waals surface area contributed by atoms with E-state index in [4.69, 9.17) is 20.0 Å². The summed E-state index contributed by atoms with van der Waals surface area (Å²) in [4.78, 5) is 25.0. The number of ether oxygens (including phenoxy) is 2.